The van der Waals surface area contributed by atoms with Crippen LogP contribution in [0.2, 0.25) is 0 Å². The maximum atomic E-state index is 13.7. The fourth-order valence-corrected chi connectivity index (χ4v) is 3.31. The van der Waals surface area contributed by atoms with Crippen LogP contribution in [0.25, 0.3) is 0 Å². The minimum atomic E-state index is -0.755. The largest absolute Gasteiger partial charge is 0.381 e. The average molecular weight is 443 g/mol. The molecular weight excluding hydrogens is 427 g/mol. The Labute approximate surface area is 152 Å². The highest BCUT2D eigenvalue weighted by Gasteiger charge is 2.41. The van der Waals surface area contributed by atoms with Crippen LogP contribution in [-0.4, -0.2) is 19.1 Å². The van der Waals surface area contributed by atoms with Gasteiger partial charge < -0.3 is 10.1 Å². The monoisotopic (exact) mass is 443 g/mol. The number of halogens is 3. The van der Waals surface area contributed by atoms with E-state index in [1.807, 2.05) is 30.3 Å². The van der Waals surface area contributed by atoms with Crippen LogP contribution in [0.4, 0.5) is 14.5 Å². The minimum Gasteiger partial charge on any atom is -0.381 e. The van der Waals surface area contributed by atoms with Crippen molar-refractivity contribution in [1.29, 1.82) is 0 Å². The molecule has 0 unspecified atom stereocenters. The molecule has 0 radical (unpaired) electrons. The highest BCUT2D eigenvalue weighted by molar-refractivity contribution is 14.1. The number of carbonyl (C=O) groups excluding carboxylic acids is 1. The van der Waals surface area contributed by atoms with E-state index < -0.39 is 17.0 Å². The van der Waals surface area contributed by atoms with Gasteiger partial charge in [-0.05, 0) is 53.1 Å². The zero-order chi connectivity index (χ0) is 17.2. The van der Waals surface area contributed by atoms with Crippen molar-refractivity contribution < 1.29 is 18.3 Å². The summed E-state index contributed by atoms with van der Waals surface area (Å²) < 4.78 is 32.8. The molecule has 0 saturated carbocycles. The molecule has 3 rings (SSSR count). The van der Waals surface area contributed by atoms with Crippen molar-refractivity contribution in [2.24, 2.45) is 0 Å². The molecule has 1 amide bonds. The van der Waals surface area contributed by atoms with Gasteiger partial charge in [0.15, 0.2) is 0 Å². The number of carbonyl (C=O) groups is 1. The summed E-state index contributed by atoms with van der Waals surface area (Å²) in [5.41, 5.74) is 0.254. The van der Waals surface area contributed by atoms with Gasteiger partial charge in [0.1, 0.15) is 11.6 Å². The normalized spacial score (nSPS) is 16.6. The van der Waals surface area contributed by atoms with Crippen LogP contribution in [0.5, 0.6) is 0 Å². The number of hydrogen-bond donors (Lipinski definition) is 1. The molecule has 0 aliphatic carbocycles. The van der Waals surface area contributed by atoms with Gasteiger partial charge in [0, 0.05) is 18.9 Å². The van der Waals surface area contributed by atoms with Crippen molar-refractivity contribution in [1.82, 2.24) is 0 Å². The molecule has 1 aliphatic heterocycles. The third-order valence-corrected chi connectivity index (χ3v) is 5.38. The Morgan fingerprint density at radius 1 is 1.08 bits per heavy atom. The summed E-state index contributed by atoms with van der Waals surface area (Å²) in [6, 6.07) is 11.7. The zero-order valence-corrected chi connectivity index (χ0v) is 15.0. The molecule has 1 N–H and O–H groups in total. The Bertz CT molecular complexity index is 723. The SMILES string of the molecule is O=C(Nc1cc(F)c(I)c(F)c1)C1(c2ccccc2)CCOCC1. The van der Waals surface area contributed by atoms with Crippen LogP contribution >= 0.6 is 22.6 Å². The molecule has 126 valence electrons. The second-order valence-corrected chi connectivity index (χ2v) is 6.85. The third-order valence-electron chi connectivity index (χ3n) is 4.35. The zero-order valence-electron chi connectivity index (χ0n) is 12.8. The first-order valence-electron chi connectivity index (χ1n) is 7.62. The number of hydrogen-bond acceptors (Lipinski definition) is 2. The van der Waals surface area contributed by atoms with Crippen molar-refractivity contribution in [3.8, 4) is 0 Å². The highest BCUT2D eigenvalue weighted by Crippen LogP contribution is 2.36. The van der Waals surface area contributed by atoms with Gasteiger partial charge in [-0.1, -0.05) is 30.3 Å². The maximum absolute atomic E-state index is 13.7. The third kappa shape index (κ3) is 3.30. The Balaban J connectivity index is 1.93. The van der Waals surface area contributed by atoms with Crippen LogP contribution in [-0.2, 0) is 14.9 Å². The molecule has 1 fully saturated rings. The van der Waals surface area contributed by atoms with E-state index in [-0.39, 0.29) is 15.2 Å². The van der Waals surface area contributed by atoms with Crippen LogP contribution in [0.3, 0.4) is 0 Å². The highest BCUT2D eigenvalue weighted by atomic mass is 127. The second kappa shape index (κ2) is 7.14. The van der Waals surface area contributed by atoms with E-state index in [1.54, 1.807) is 22.6 Å². The fraction of sp³-hybridized carbons (Fsp3) is 0.278. The Morgan fingerprint density at radius 3 is 2.25 bits per heavy atom. The summed E-state index contributed by atoms with van der Waals surface area (Å²) in [5, 5.41) is 2.68. The molecule has 1 heterocycles. The molecule has 2 aromatic rings. The van der Waals surface area contributed by atoms with Gasteiger partial charge in [0.2, 0.25) is 5.91 Å². The number of amides is 1. The van der Waals surface area contributed by atoms with Crippen molar-refractivity contribution in [3.05, 3.63) is 63.2 Å². The van der Waals surface area contributed by atoms with Crippen molar-refractivity contribution in [3.63, 3.8) is 0 Å². The molecule has 1 saturated heterocycles. The summed E-state index contributed by atoms with van der Waals surface area (Å²) in [6.45, 7) is 0.940. The lowest BCUT2D eigenvalue weighted by Crippen LogP contribution is -2.44. The standard InChI is InChI=1S/C18H16F2INO2/c19-14-10-13(11-15(20)16(14)21)22-17(23)18(6-8-24-9-7-18)12-4-2-1-3-5-12/h1-5,10-11H,6-9H2,(H,22,23). The fourth-order valence-electron chi connectivity index (χ4n) is 3.00. The smallest absolute Gasteiger partial charge is 0.235 e. The number of nitrogens with one attached hydrogen (secondary N) is 1. The lowest BCUT2D eigenvalue weighted by Gasteiger charge is -2.36. The molecule has 2 aromatic carbocycles. The summed E-state index contributed by atoms with van der Waals surface area (Å²) in [5.74, 6) is -1.64. The quantitative estimate of drug-likeness (QED) is 0.569. The van der Waals surface area contributed by atoms with E-state index in [4.69, 9.17) is 4.74 Å². The van der Waals surface area contributed by atoms with Crippen LogP contribution in [0, 0.1) is 15.2 Å². The molecule has 6 heteroatoms. The minimum absolute atomic E-state index is 0.0885. The average Bonchev–Trinajstić information content (AvgIpc) is 2.61. The first-order chi connectivity index (χ1) is 11.5. The van der Waals surface area contributed by atoms with Crippen LogP contribution < -0.4 is 5.32 Å². The predicted octanol–water partition coefficient (Wildman–Crippen LogP) is 4.26. The number of ether oxygens (including phenoxy) is 1. The summed E-state index contributed by atoms with van der Waals surface area (Å²) in [7, 11) is 0. The Hall–Kier alpha value is -1.54. The van der Waals surface area contributed by atoms with E-state index >= 15 is 0 Å². The lowest BCUT2D eigenvalue weighted by molar-refractivity contribution is -0.125. The van der Waals surface area contributed by atoms with Gasteiger partial charge in [-0.25, -0.2) is 8.78 Å². The topological polar surface area (TPSA) is 38.3 Å². The van der Waals surface area contributed by atoms with Gasteiger partial charge in [0.05, 0.1) is 8.99 Å². The summed E-state index contributed by atoms with van der Waals surface area (Å²) >= 11 is 1.60. The van der Waals surface area contributed by atoms with E-state index in [0.717, 1.165) is 17.7 Å². The van der Waals surface area contributed by atoms with E-state index in [1.165, 1.54) is 0 Å². The van der Waals surface area contributed by atoms with Crippen molar-refractivity contribution in [2.75, 3.05) is 18.5 Å². The Morgan fingerprint density at radius 2 is 1.67 bits per heavy atom. The number of rotatable bonds is 3. The lowest BCUT2D eigenvalue weighted by atomic mass is 9.73. The van der Waals surface area contributed by atoms with Crippen molar-refractivity contribution >= 4 is 34.2 Å². The van der Waals surface area contributed by atoms with Gasteiger partial charge in [-0.2, -0.15) is 0 Å². The molecule has 24 heavy (non-hydrogen) atoms. The van der Waals surface area contributed by atoms with Gasteiger partial charge >= 0.3 is 0 Å². The first-order valence-corrected chi connectivity index (χ1v) is 8.70. The number of anilines is 1. The molecule has 1 aliphatic rings. The summed E-state index contributed by atoms with van der Waals surface area (Å²) in [4.78, 5) is 13.0. The number of benzene rings is 2. The second-order valence-electron chi connectivity index (χ2n) is 5.77. The molecule has 0 bridgehead atoms. The molecular formula is C18H16F2INO2. The first kappa shape index (κ1) is 17.3. The molecule has 0 atom stereocenters. The molecule has 0 spiro atoms. The van der Waals surface area contributed by atoms with Gasteiger partial charge in [0.25, 0.3) is 0 Å². The van der Waals surface area contributed by atoms with Crippen LogP contribution in [0.15, 0.2) is 42.5 Å². The van der Waals surface area contributed by atoms with E-state index in [0.29, 0.717) is 26.1 Å². The van der Waals surface area contributed by atoms with E-state index in [2.05, 4.69) is 5.32 Å². The van der Waals surface area contributed by atoms with Crippen LogP contribution in [0.1, 0.15) is 18.4 Å². The van der Waals surface area contributed by atoms with E-state index in [9.17, 15) is 13.6 Å². The Kier molecular flexibility index (Phi) is 5.15. The van der Waals surface area contributed by atoms with Crippen molar-refractivity contribution in [2.45, 2.75) is 18.3 Å². The van der Waals surface area contributed by atoms with Gasteiger partial charge in [-0.15, -0.1) is 0 Å². The maximum Gasteiger partial charge on any atom is 0.235 e. The predicted molar refractivity (Wildman–Crippen MR) is 95.9 cm³/mol. The molecule has 3 nitrogen and oxygen atoms in total. The van der Waals surface area contributed by atoms with Gasteiger partial charge in [-0.3, -0.25) is 4.79 Å². The molecule has 0 aromatic heterocycles. The summed E-state index contributed by atoms with van der Waals surface area (Å²) in [6.07, 6.45) is 1.05.